The highest BCUT2D eigenvalue weighted by atomic mass is 16.6. The molecule has 5 nitrogen and oxygen atoms in total. The summed E-state index contributed by atoms with van der Waals surface area (Å²) in [5.74, 6) is 0.251. The fourth-order valence-electron chi connectivity index (χ4n) is 3.82. The van der Waals surface area contributed by atoms with Crippen molar-refractivity contribution in [2.75, 3.05) is 0 Å². The average molecular weight is 396 g/mol. The number of carbonyl (C=O) groups is 1. The quantitative estimate of drug-likeness (QED) is 0.522. The summed E-state index contributed by atoms with van der Waals surface area (Å²) in [6, 6.07) is 4.49. The summed E-state index contributed by atoms with van der Waals surface area (Å²) < 4.78 is 11.9. The second kappa shape index (κ2) is 7.90. The van der Waals surface area contributed by atoms with Crippen molar-refractivity contribution in [1.82, 2.24) is 0 Å². The monoisotopic (exact) mass is 396 g/mol. The fourth-order valence-corrected chi connectivity index (χ4v) is 3.82. The third kappa shape index (κ3) is 4.29. The van der Waals surface area contributed by atoms with Crippen LogP contribution in [0.15, 0.2) is 50.7 Å². The van der Waals surface area contributed by atoms with Gasteiger partial charge in [0.1, 0.15) is 16.9 Å². The van der Waals surface area contributed by atoms with Gasteiger partial charge in [-0.05, 0) is 58.7 Å². The van der Waals surface area contributed by atoms with Crippen molar-refractivity contribution in [3.05, 3.63) is 57.3 Å². The van der Waals surface area contributed by atoms with E-state index in [1.165, 1.54) is 12.1 Å². The molecule has 0 fully saturated rings. The van der Waals surface area contributed by atoms with E-state index >= 15 is 0 Å². The lowest BCUT2D eigenvalue weighted by molar-refractivity contribution is -0.114. The molecule has 2 aromatic rings. The number of phenolic OH excluding ortho intramolecular Hbond substituents is 1. The molecule has 154 valence electrons. The Morgan fingerprint density at radius 3 is 2.69 bits per heavy atom. The van der Waals surface area contributed by atoms with Crippen LogP contribution in [0.2, 0.25) is 0 Å². The smallest absolute Gasteiger partial charge is 0.293 e. The molecule has 3 rings (SSSR count). The van der Waals surface area contributed by atoms with Gasteiger partial charge in [-0.15, -0.1) is 0 Å². The van der Waals surface area contributed by atoms with E-state index in [1.54, 1.807) is 12.1 Å². The summed E-state index contributed by atoms with van der Waals surface area (Å²) in [6.45, 7) is 9.73. The van der Waals surface area contributed by atoms with Crippen LogP contribution in [0.25, 0.3) is 11.0 Å². The second-order valence-electron chi connectivity index (χ2n) is 8.40. The van der Waals surface area contributed by atoms with Crippen molar-refractivity contribution in [3.63, 3.8) is 0 Å². The first kappa shape index (κ1) is 20.9. The molecule has 0 radical (unpaired) electrons. The molecule has 29 heavy (non-hydrogen) atoms. The maximum Gasteiger partial charge on any atom is 0.293 e. The van der Waals surface area contributed by atoms with Crippen LogP contribution in [0.4, 0.5) is 0 Å². The van der Waals surface area contributed by atoms with Crippen LogP contribution in [-0.4, -0.2) is 16.5 Å². The van der Waals surface area contributed by atoms with Crippen LogP contribution in [0.1, 0.15) is 65.4 Å². The Kier molecular flexibility index (Phi) is 5.69. The fraction of sp³-hybridized carbons (Fsp3) is 0.417. The van der Waals surface area contributed by atoms with E-state index < -0.39 is 5.60 Å². The van der Waals surface area contributed by atoms with E-state index in [4.69, 9.17) is 9.15 Å². The first-order valence-electron chi connectivity index (χ1n) is 9.93. The van der Waals surface area contributed by atoms with Crippen LogP contribution in [0, 0.1) is 0 Å². The van der Waals surface area contributed by atoms with Gasteiger partial charge in [-0.2, -0.15) is 0 Å². The van der Waals surface area contributed by atoms with Gasteiger partial charge in [-0.25, -0.2) is 0 Å². The van der Waals surface area contributed by atoms with E-state index in [0.29, 0.717) is 29.4 Å². The van der Waals surface area contributed by atoms with Gasteiger partial charge in [0, 0.05) is 18.4 Å². The van der Waals surface area contributed by atoms with Gasteiger partial charge < -0.3 is 14.3 Å². The van der Waals surface area contributed by atoms with E-state index in [-0.39, 0.29) is 28.8 Å². The van der Waals surface area contributed by atoms with Crippen LogP contribution in [0.3, 0.4) is 0 Å². The molecule has 0 bridgehead atoms. The molecule has 1 aliphatic rings. The van der Waals surface area contributed by atoms with Crippen molar-refractivity contribution in [1.29, 1.82) is 0 Å². The Hall–Kier alpha value is -2.82. The minimum absolute atomic E-state index is 0.0395. The van der Waals surface area contributed by atoms with Crippen LogP contribution in [0.5, 0.6) is 11.7 Å². The summed E-state index contributed by atoms with van der Waals surface area (Å²) in [7, 11) is 0. The molecule has 1 aromatic heterocycles. The highest BCUT2D eigenvalue weighted by Gasteiger charge is 2.45. The van der Waals surface area contributed by atoms with Crippen molar-refractivity contribution >= 4 is 16.8 Å². The third-order valence-corrected chi connectivity index (χ3v) is 5.59. The number of hydrogen-bond acceptors (Lipinski definition) is 5. The second-order valence-corrected chi connectivity index (χ2v) is 8.40. The SMILES string of the molecule is CC(C)=CC(=O)CC(C)=CCC[C@]1(C)Oc2oc3cc(O)ccc3c(=O)c2[C@H]1C. The molecule has 1 N–H and O–H groups in total. The molecular formula is C24H28O5. The molecule has 0 spiro atoms. The Balaban J connectivity index is 1.77. The molecule has 0 saturated carbocycles. The number of ketones is 1. The van der Waals surface area contributed by atoms with E-state index in [2.05, 4.69) is 6.08 Å². The number of carbonyl (C=O) groups excluding carboxylic acids is 1. The number of hydrogen-bond donors (Lipinski definition) is 1. The topological polar surface area (TPSA) is 76.7 Å². The minimum atomic E-state index is -0.578. The number of phenols is 1. The number of aromatic hydroxyl groups is 1. The zero-order chi connectivity index (χ0) is 21.3. The predicted molar refractivity (Wildman–Crippen MR) is 114 cm³/mol. The Bertz CT molecular complexity index is 1070. The first-order valence-corrected chi connectivity index (χ1v) is 9.93. The van der Waals surface area contributed by atoms with Gasteiger partial charge in [0.2, 0.25) is 0 Å². The van der Waals surface area contributed by atoms with Gasteiger partial charge >= 0.3 is 0 Å². The zero-order valence-corrected chi connectivity index (χ0v) is 17.7. The number of benzene rings is 1. The Morgan fingerprint density at radius 2 is 2.00 bits per heavy atom. The Labute approximate surface area is 170 Å². The molecule has 2 atom stereocenters. The van der Waals surface area contributed by atoms with E-state index in [1.807, 2.05) is 34.6 Å². The van der Waals surface area contributed by atoms with Crippen molar-refractivity contribution in [2.24, 2.45) is 0 Å². The maximum atomic E-state index is 12.9. The van der Waals surface area contributed by atoms with Gasteiger partial charge in [-0.3, -0.25) is 9.59 Å². The predicted octanol–water partition coefficient (Wildman–Crippen LogP) is 5.41. The number of fused-ring (bicyclic) bond motifs is 2. The highest BCUT2D eigenvalue weighted by Crippen LogP contribution is 2.46. The third-order valence-electron chi connectivity index (χ3n) is 5.59. The summed E-state index contributed by atoms with van der Waals surface area (Å²) in [6.07, 6.45) is 5.56. The molecular weight excluding hydrogens is 368 g/mol. The highest BCUT2D eigenvalue weighted by molar-refractivity contribution is 5.91. The summed E-state index contributed by atoms with van der Waals surface area (Å²) in [5.41, 5.74) is 2.19. The van der Waals surface area contributed by atoms with Crippen LogP contribution < -0.4 is 10.2 Å². The molecule has 2 heterocycles. The van der Waals surface area contributed by atoms with Gasteiger partial charge in [0.05, 0.1) is 10.9 Å². The van der Waals surface area contributed by atoms with Crippen molar-refractivity contribution < 1.29 is 19.1 Å². The molecule has 1 aromatic carbocycles. The van der Waals surface area contributed by atoms with Crippen molar-refractivity contribution in [3.8, 4) is 11.7 Å². The largest absolute Gasteiger partial charge is 0.508 e. The molecule has 5 heteroatoms. The van der Waals surface area contributed by atoms with E-state index in [0.717, 1.165) is 17.6 Å². The molecule has 0 amide bonds. The standard InChI is InChI=1S/C24H28O5/c1-14(2)11-18(26)12-15(3)7-6-10-24(5)16(4)21-22(27)19-9-8-17(25)13-20(19)28-23(21)29-24/h7-9,11,13,16,25H,6,10,12H2,1-5H3/t16-,24+/m1/s1. The average Bonchev–Trinajstić information content (AvgIpc) is 2.84. The molecule has 1 aliphatic heterocycles. The lowest BCUT2D eigenvalue weighted by atomic mass is 9.83. The normalized spacial score (nSPS) is 21.0. The first-order chi connectivity index (χ1) is 13.6. The Morgan fingerprint density at radius 1 is 1.28 bits per heavy atom. The van der Waals surface area contributed by atoms with Crippen LogP contribution >= 0.6 is 0 Å². The number of allylic oxidation sites excluding steroid dienone is 4. The molecule has 0 saturated heterocycles. The summed E-state index contributed by atoms with van der Waals surface area (Å²) in [5, 5.41) is 10.1. The van der Waals surface area contributed by atoms with Gasteiger partial charge in [0.15, 0.2) is 11.2 Å². The number of ether oxygens (including phenoxy) is 1. The lowest BCUT2D eigenvalue weighted by Gasteiger charge is -2.27. The van der Waals surface area contributed by atoms with E-state index in [9.17, 15) is 14.7 Å². The lowest BCUT2D eigenvalue weighted by Crippen LogP contribution is -2.33. The zero-order valence-electron chi connectivity index (χ0n) is 17.7. The summed E-state index contributed by atoms with van der Waals surface area (Å²) >= 11 is 0. The van der Waals surface area contributed by atoms with Gasteiger partial charge in [-0.1, -0.05) is 24.1 Å². The maximum absolute atomic E-state index is 12.9. The van der Waals surface area contributed by atoms with Crippen molar-refractivity contribution in [2.45, 2.75) is 65.4 Å². The number of rotatable bonds is 6. The minimum Gasteiger partial charge on any atom is -0.508 e. The van der Waals surface area contributed by atoms with Crippen LogP contribution in [-0.2, 0) is 4.79 Å². The van der Waals surface area contributed by atoms with Gasteiger partial charge in [0.25, 0.3) is 5.95 Å². The molecule has 0 aliphatic carbocycles. The molecule has 0 unspecified atom stereocenters. The summed E-state index contributed by atoms with van der Waals surface area (Å²) in [4.78, 5) is 24.9.